The van der Waals surface area contributed by atoms with Crippen LogP contribution in [0.3, 0.4) is 0 Å². The Kier molecular flexibility index (Phi) is 5.43. The summed E-state index contributed by atoms with van der Waals surface area (Å²) in [5.41, 5.74) is 1.73. The molecule has 1 aromatic carbocycles. The van der Waals surface area contributed by atoms with Crippen LogP contribution in [-0.4, -0.2) is 47.6 Å². The number of alkyl halides is 3. The molecule has 2 heterocycles. The summed E-state index contributed by atoms with van der Waals surface area (Å²) in [6.45, 7) is 1.96. The van der Waals surface area contributed by atoms with Gasteiger partial charge < -0.3 is 4.90 Å². The largest absolute Gasteiger partial charge is 0.397 e. The molecular formula is C22H29F3N2O. The second kappa shape index (κ2) is 7.69. The number of likely N-dealkylation sites (tertiary alicyclic amines) is 2. The summed E-state index contributed by atoms with van der Waals surface area (Å²) in [6.07, 6.45) is 2.23. The number of hydrogen-bond donors (Lipinski definition) is 0. The summed E-state index contributed by atoms with van der Waals surface area (Å²) in [5.74, 6) is -0.780. The van der Waals surface area contributed by atoms with Gasteiger partial charge in [0.2, 0.25) is 5.91 Å². The van der Waals surface area contributed by atoms with E-state index in [1.165, 1.54) is 42.6 Å². The molecule has 6 heteroatoms. The van der Waals surface area contributed by atoms with Crippen LogP contribution in [0.5, 0.6) is 0 Å². The van der Waals surface area contributed by atoms with E-state index in [1.54, 1.807) is 0 Å². The molecule has 0 radical (unpaired) electrons. The van der Waals surface area contributed by atoms with Gasteiger partial charge in [0.05, 0.1) is 0 Å². The van der Waals surface area contributed by atoms with Crippen LogP contribution in [0.2, 0.25) is 0 Å². The first-order valence-corrected chi connectivity index (χ1v) is 10.5. The maximum absolute atomic E-state index is 12.5. The van der Waals surface area contributed by atoms with Gasteiger partial charge in [-0.25, -0.2) is 0 Å². The second-order valence-corrected chi connectivity index (χ2v) is 8.81. The lowest BCUT2D eigenvalue weighted by Gasteiger charge is -2.63. The highest BCUT2D eigenvalue weighted by Gasteiger charge is 2.55. The minimum atomic E-state index is -4.42. The van der Waals surface area contributed by atoms with Crippen LogP contribution >= 0.6 is 0 Å². The third-order valence-corrected chi connectivity index (χ3v) is 7.01. The smallest absolute Gasteiger partial charge is 0.342 e. The van der Waals surface area contributed by atoms with E-state index in [1.807, 2.05) is 6.07 Å². The van der Waals surface area contributed by atoms with Crippen molar-refractivity contribution in [1.29, 1.82) is 0 Å². The summed E-state index contributed by atoms with van der Waals surface area (Å²) in [7, 11) is 0. The van der Waals surface area contributed by atoms with E-state index < -0.39 is 18.5 Å². The zero-order chi connectivity index (χ0) is 19.8. The normalized spacial score (nSPS) is 26.2. The molecule has 28 heavy (non-hydrogen) atoms. The molecule has 3 nitrogen and oxygen atoms in total. The predicted octanol–water partition coefficient (Wildman–Crippen LogP) is 4.94. The Morgan fingerprint density at radius 3 is 2.29 bits per heavy atom. The maximum atomic E-state index is 12.5. The SMILES string of the molecule is O=C(CC(F)(F)F)N1CCC(N2CC3(CCCCC3)C2c2ccccc2)CC1. The molecule has 0 bridgehead atoms. The lowest BCUT2D eigenvalue weighted by Crippen LogP contribution is -2.63. The third kappa shape index (κ3) is 3.93. The minimum absolute atomic E-state index is 0.354. The molecule has 154 valence electrons. The van der Waals surface area contributed by atoms with E-state index in [0.29, 0.717) is 30.6 Å². The number of amides is 1. The first kappa shape index (κ1) is 19.7. The highest BCUT2D eigenvalue weighted by Crippen LogP contribution is 2.58. The quantitative estimate of drug-likeness (QED) is 0.725. The van der Waals surface area contributed by atoms with E-state index in [0.717, 1.165) is 19.4 Å². The number of carbonyl (C=O) groups excluding carboxylic acids is 1. The van der Waals surface area contributed by atoms with Crippen molar-refractivity contribution in [3.63, 3.8) is 0 Å². The number of nitrogens with zero attached hydrogens (tertiary/aromatic N) is 2. The van der Waals surface area contributed by atoms with Gasteiger partial charge >= 0.3 is 6.18 Å². The lowest BCUT2D eigenvalue weighted by molar-refractivity contribution is -0.165. The molecule has 1 atom stereocenters. The Balaban J connectivity index is 1.42. The van der Waals surface area contributed by atoms with Crippen molar-refractivity contribution >= 4 is 5.91 Å². The third-order valence-electron chi connectivity index (χ3n) is 7.01. The molecule has 1 aliphatic carbocycles. The Morgan fingerprint density at radius 1 is 1.04 bits per heavy atom. The molecule has 3 aliphatic rings. The fourth-order valence-electron chi connectivity index (χ4n) is 5.72. The van der Waals surface area contributed by atoms with Crippen LogP contribution in [0.15, 0.2) is 30.3 Å². The van der Waals surface area contributed by atoms with Gasteiger partial charge in [-0.05, 0) is 31.2 Å². The average molecular weight is 394 g/mol. The van der Waals surface area contributed by atoms with E-state index >= 15 is 0 Å². The van der Waals surface area contributed by atoms with Crippen LogP contribution in [0.25, 0.3) is 0 Å². The van der Waals surface area contributed by atoms with Crippen molar-refractivity contribution < 1.29 is 18.0 Å². The van der Waals surface area contributed by atoms with Crippen LogP contribution in [0.4, 0.5) is 13.2 Å². The second-order valence-electron chi connectivity index (χ2n) is 8.81. The molecule has 2 saturated heterocycles. The Morgan fingerprint density at radius 2 is 1.68 bits per heavy atom. The van der Waals surface area contributed by atoms with Gasteiger partial charge in [-0.2, -0.15) is 13.2 Å². The molecule has 1 aromatic rings. The van der Waals surface area contributed by atoms with E-state index in [4.69, 9.17) is 0 Å². The zero-order valence-corrected chi connectivity index (χ0v) is 16.3. The van der Waals surface area contributed by atoms with Crippen molar-refractivity contribution in [3.05, 3.63) is 35.9 Å². The van der Waals surface area contributed by atoms with Crippen molar-refractivity contribution in [2.24, 2.45) is 5.41 Å². The van der Waals surface area contributed by atoms with Crippen LogP contribution < -0.4 is 0 Å². The molecule has 1 spiro atoms. The van der Waals surface area contributed by atoms with E-state index in [2.05, 4.69) is 29.2 Å². The standard InChI is InChI=1S/C22H29F3N2O/c23-22(24,25)15-19(28)26-13-9-18(10-14-26)27-16-21(11-5-2-6-12-21)20(27)17-7-3-1-4-8-17/h1,3-4,7-8,18,20H,2,5-6,9-16H2. The molecule has 3 fully saturated rings. The first-order chi connectivity index (χ1) is 13.4. The van der Waals surface area contributed by atoms with Gasteiger partial charge in [0.15, 0.2) is 0 Å². The average Bonchev–Trinajstić information content (AvgIpc) is 2.67. The maximum Gasteiger partial charge on any atom is 0.397 e. The molecule has 1 unspecified atom stereocenters. The highest BCUT2D eigenvalue weighted by molar-refractivity contribution is 5.76. The lowest BCUT2D eigenvalue weighted by atomic mass is 9.60. The van der Waals surface area contributed by atoms with Gasteiger partial charge in [-0.3, -0.25) is 9.69 Å². The summed E-state index contributed by atoms with van der Waals surface area (Å²) in [5, 5.41) is 0. The van der Waals surface area contributed by atoms with Crippen molar-refractivity contribution in [3.8, 4) is 0 Å². The summed E-state index contributed by atoms with van der Waals surface area (Å²) in [4.78, 5) is 15.9. The van der Waals surface area contributed by atoms with Crippen LogP contribution in [0.1, 0.15) is 63.0 Å². The number of carbonyl (C=O) groups is 1. The monoisotopic (exact) mass is 394 g/mol. The molecule has 0 N–H and O–H groups in total. The fourth-order valence-corrected chi connectivity index (χ4v) is 5.72. The highest BCUT2D eigenvalue weighted by atomic mass is 19.4. The van der Waals surface area contributed by atoms with Crippen LogP contribution in [-0.2, 0) is 4.79 Å². The fraction of sp³-hybridized carbons (Fsp3) is 0.682. The predicted molar refractivity (Wildman–Crippen MR) is 102 cm³/mol. The van der Waals surface area contributed by atoms with Crippen molar-refractivity contribution in [2.45, 2.75) is 69.6 Å². The van der Waals surface area contributed by atoms with Gasteiger partial charge in [-0.15, -0.1) is 0 Å². The van der Waals surface area contributed by atoms with Crippen molar-refractivity contribution in [2.75, 3.05) is 19.6 Å². The number of halogens is 3. The number of rotatable bonds is 3. The van der Waals surface area contributed by atoms with E-state index in [9.17, 15) is 18.0 Å². The van der Waals surface area contributed by atoms with Crippen molar-refractivity contribution in [1.82, 2.24) is 9.80 Å². The van der Waals surface area contributed by atoms with Gasteiger partial charge in [0.25, 0.3) is 0 Å². The molecule has 2 aliphatic heterocycles. The Bertz CT molecular complexity index is 677. The molecule has 0 aromatic heterocycles. The molecule has 1 amide bonds. The molecular weight excluding hydrogens is 365 g/mol. The summed E-state index contributed by atoms with van der Waals surface area (Å²) >= 11 is 0. The molecule has 4 rings (SSSR count). The number of hydrogen-bond acceptors (Lipinski definition) is 2. The Labute approximate surface area is 164 Å². The topological polar surface area (TPSA) is 23.6 Å². The number of piperidine rings is 1. The first-order valence-electron chi connectivity index (χ1n) is 10.5. The number of benzene rings is 1. The summed E-state index contributed by atoms with van der Waals surface area (Å²) in [6, 6.07) is 11.4. The van der Waals surface area contributed by atoms with Gasteiger partial charge in [0.1, 0.15) is 6.42 Å². The van der Waals surface area contributed by atoms with Gasteiger partial charge in [-0.1, -0.05) is 49.6 Å². The van der Waals surface area contributed by atoms with Gasteiger partial charge in [0, 0.05) is 37.1 Å². The zero-order valence-electron chi connectivity index (χ0n) is 16.3. The Hall–Kier alpha value is -1.56. The molecule has 1 saturated carbocycles. The minimum Gasteiger partial charge on any atom is -0.342 e. The summed E-state index contributed by atoms with van der Waals surface area (Å²) < 4.78 is 37.5. The van der Waals surface area contributed by atoms with E-state index in [-0.39, 0.29) is 0 Å². The van der Waals surface area contributed by atoms with Crippen LogP contribution in [0, 0.1) is 5.41 Å².